The van der Waals surface area contributed by atoms with E-state index >= 15 is 0 Å². The molecule has 2 heterocycles. The Morgan fingerprint density at radius 3 is 2.75 bits per heavy atom. The van der Waals surface area contributed by atoms with Gasteiger partial charge >= 0.3 is 0 Å². The van der Waals surface area contributed by atoms with E-state index < -0.39 is 0 Å². The fourth-order valence-electron chi connectivity index (χ4n) is 2.75. The molecule has 5 heteroatoms. The van der Waals surface area contributed by atoms with Crippen LogP contribution in [0.25, 0.3) is 0 Å². The molecule has 2 atom stereocenters. The Morgan fingerprint density at radius 2 is 2.20 bits per heavy atom. The molecule has 2 N–H and O–H groups in total. The van der Waals surface area contributed by atoms with Gasteiger partial charge in [0.05, 0.1) is 12.1 Å². The van der Waals surface area contributed by atoms with E-state index in [1.54, 1.807) is 4.68 Å². The predicted molar refractivity (Wildman–Crippen MR) is 79.4 cm³/mol. The van der Waals surface area contributed by atoms with Crippen LogP contribution in [0.3, 0.4) is 0 Å². The van der Waals surface area contributed by atoms with E-state index in [0.717, 1.165) is 31.5 Å². The third-order valence-electron chi connectivity index (χ3n) is 4.69. The normalized spacial score (nSPS) is 23.0. The smallest absolute Gasteiger partial charge is 0.225 e. The number of aromatic nitrogens is 2. The van der Waals surface area contributed by atoms with Crippen molar-refractivity contribution < 1.29 is 4.79 Å². The molecule has 1 aromatic heterocycles. The van der Waals surface area contributed by atoms with Crippen LogP contribution in [0.1, 0.15) is 45.1 Å². The van der Waals surface area contributed by atoms with E-state index in [1.165, 1.54) is 0 Å². The third kappa shape index (κ3) is 3.03. The molecule has 112 valence electrons. The topological polar surface area (TPSA) is 59.0 Å². The van der Waals surface area contributed by atoms with E-state index in [9.17, 15) is 4.79 Å². The number of carbonyl (C=O) groups excluding carboxylic acids is 1. The Labute approximate surface area is 121 Å². The van der Waals surface area contributed by atoms with Crippen LogP contribution >= 0.6 is 0 Å². The molecule has 1 fully saturated rings. The summed E-state index contributed by atoms with van der Waals surface area (Å²) in [5.74, 6) is 0.383. The summed E-state index contributed by atoms with van der Waals surface area (Å²) in [5.41, 5.74) is 1.05. The fourth-order valence-corrected chi connectivity index (χ4v) is 2.75. The first-order chi connectivity index (χ1) is 9.49. The van der Waals surface area contributed by atoms with Crippen molar-refractivity contribution in [1.82, 2.24) is 20.4 Å². The van der Waals surface area contributed by atoms with Crippen molar-refractivity contribution in [2.45, 2.75) is 45.1 Å². The molecule has 0 aromatic carbocycles. The van der Waals surface area contributed by atoms with Gasteiger partial charge in [-0.3, -0.25) is 9.48 Å². The summed E-state index contributed by atoms with van der Waals surface area (Å²) in [7, 11) is 1.91. The van der Waals surface area contributed by atoms with Crippen LogP contribution < -0.4 is 10.6 Å². The second kappa shape index (κ2) is 5.95. The second-order valence-electron chi connectivity index (χ2n) is 6.08. The van der Waals surface area contributed by atoms with Crippen molar-refractivity contribution in [2.24, 2.45) is 13.0 Å². The van der Waals surface area contributed by atoms with Gasteiger partial charge < -0.3 is 10.6 Å². The maximum atomic E-state index is 12.6. The number of nitrogens with zero attached hydrogens (tertiary/aromatic N) is 2. The predicted octanol–water partition coefficient (Wildman–Crippen LogP) is 1.42. The van der Waals surface area contributed by atoms with Crippen LogP contribution in [-0.4, -0.2) is 34.3 Å². The van der Waals surface area contributed by atoms with Crippen LogP contribution in [-0.2, 0) is 11.8 Å². The zero-order chi connectivity index (χ0) is 14.8. The fraction of sp³-hybridized carbons (Fsp3) is 0.733. The van der Waals surface area contributed by atoms with Gasteiger partial charge in [0.1, 0.15) is 0 Å². The van der Waals surface area contributed by atoms with Crippen molar-refractivity contribution in [3.8, 4) is 0 Å². The number of amides is 1. The number of hydrogen-bond donors (Lipinski definition) is 2. The molecule has 0 radical (unpaired) electrons. The standard InChI is InChI=1S/C15H26N4O/c1-5-15(3,6-2)18-14(20)13-9-16-8-12(13)11-7-17-19(4)10-11/h7,10,12-13,16H,5-6,8-9H2,1-4H3,(H,18,20)/t12-,13+/m1/s1. The molecule has 0 saturated carbocycles. The summed E-state index contributed by atoms with van der Waals surface area (Å²) in [6, 6.07) is 0. The van der Waals surface area contributed by atoms with Gasteiger partial charge in [0, 0.05) is 37.8 Å². The maximum Gasteiger partial charge on any atom is 0.225 e. The van der Waals surface area contributed by atoms with Gasteiger partial charge in [-0.25, -0.2) is 0 Å². The second-order valence-corrected chi connectivity index (χ2v) is 6.08. The summed E-state index contributed by atoms with van der Waals surface area (Å²) in [6.07, 6.45) is 5.79. The van der Waals surface area contributed by atoms with E-state index in [1.807, 2.05) is 19.4 Å². The Bertz CT molecular complexity index is 464. The van der Waals surface area contributed by atoms with Crippen LogP contribution in [0.2, 0.25) is 0 Å². The van der Waals surface area contributed by atoms with Crippen molar-refractivity contribution in [1.29, 1.82) is 0 Å². The molecule has 1 aliphatic heterocycles. The van der Waals surface area contributed by atoms with Gasteiger partial charge in [0.25, 0.3) is 0 Å². The lowest BCUT2D eigenvalue weighted by molar-refractivity contribution is -0.126. The minimum atomic E-state index is -0.0981. The minimum absolute atomic E-state index is 0.00313. The number of carbonyl (C=O) groups is 1. The molecule has 0 aliphatic carbocycles. The van der Waals surface area contributed by atoms with Crippen molar-refractivity contribution in [2.75, 3.05) is 13.1 Å². The molecular weight excluding hydrogens is 252 g/mol. The summed E-state index contributed by atoms with van der Waals surface area (Å²) < 4.78 is 1.80. The number of nitrogens with one attached hydrogen (secondary N) is 2. The molecule has 0 bridgehead atoms. The molecule has 1 aromatic rings. The highest BCUT2D eigenvalue weighted by molar-refractivity contribution is 5.81. The first-order valence-corrected chi connectivity index (χ1v) is 7.50. The quantitative estimate of drug-likeness (QED) is 0.856. The lowest BCUT2D eigenvalue weighted by atomic mass is 9.88. The molecule has 1 aliphatic rings. The van der Waals surface area contributed by atoms with Gasteiger partial charge in [-0.2, -0.15) is 5.10 Å². The SMILES string of the molecule is CCC(C)(CC)NC(=O)[C@H]1CNC[C@@H]1c1cnn(C)c1. The summed E-state index contributed by atoms with van der Waals surface area (Å²) in [5, 5.41) is 10.8. The zero-order valence-electron chi connectivity index (χ0n) is 12.9. The highest BCUT2D eigenvalue weighted by Crippen LogP contribution is 2.29. The molecule has 1 saturated heterocycles. The molecule has 2 rings (SSSR count). The number of aryl methyl sites for hydroxylation is 1. The molecular formula is C15H26N4O. The average Bonchev–Trinajstić information content (AvgIpc) is 3.06. The highest BCUT2D eigenvalue weighted by Gasteiger charge is 2.36. The summed E-state index contributed by atoms with van der Waals surface area (Å²) >= 11 is 0. The lowest BCUT2D eigenvalue weighted by Crippen LogP contribution is -2.48. The van der Waals surface area contributed by atoms with Gasteiger partial charge in [-0.05, 0) is 25.3 Å². The average molecular weight is 278 g/mol. The van der Waals surface area contributed by atoms with Crippen LogP contribution in [0, 0.1) is 5.92 Å². The Kier molecular flexibility index (Phi) is 4.48. The Hall–Kier alpha value is -1.36. The van der Waals surface area contributed by atoms with E-state index in [2.05, 4.69) is 36.5 Å². The number of hydrogen-bond acceptors (Lipinski definition) is 3. The molecule has 0 unspecified atom stereocenters. The van der Waals surface area contributed by atoms with Crippen LogP contribution in [0.15, 0.2) is 12.4 Å². The molecule has 0 spiro atoms. The molecule has 20 heavy (non-hydrogen) atoms. The summed E-state index contributed by atoms with van der Waals surface area (Å²) in [4.78, 5) is 12.6. The zero-order valence-corrected chi connectivity index (χ0v) is 12.9. The van der Waals surface area contributed by atoms with Crippen molar-refractivity contribution in [3.63, 3.8) is 0 Å². The summed E-state index contributed by atoms with van der Waals surface area (Å²) in [6.45, 7) is 7.95. The highest BCUT2D eigenvalue weighted by atomic mass is 16.2. The van der Waals surface area contributed by atoms with Gasteiger partial charge in [0.15, 0.2) is 0 Å². The van der Waals surface area contributed by atoms with Crippen LogP contribution in [0.4, 0.5) is 0 Å². The van der Waals surface area contributed by atoms with E-state index in [-0.39, 0.29) is 23.3 Å². The van der Waals surface area contributed by atoms with E-state index in [4.69, 9.17) is 0 Å². The van der Waals surface area contributed by atoms with Crippen LogP contribution in [0.5, 0.6) is 0 Å². The van der Waals surface area contributed by atoms with Gasteiger partial charge in [-0.1, -0.05) is 13.8 Å². The van der Waals surface area contributed by atoms with Crippen molar-refractivity contribution >= 4 is 5.91 Å². The monoisotopic (exact) mass is 278 g/mol. The third-order valence-corrected chi connectivity index (χ3v) is 4.69. The molecule has 1 amide bonds. The first kappa shape index (κ1) is 15.0. The van der Waals surface area contributed by atoms with Gasteiger partial charge in [0.2, 0.25) is 5.91 Å². The number of rotatable bonds is 5. The maximum absolute atomic E-state index is 12.6. The van der Waals surface area contributed by atoms with E-state index in [0.29, 0.717) is 0 Å². The molecule has 5 nitrogen and oxygen atoms in total. The van der Waals surface area contributed by atoms with Gasteiger partial charge in [-0.15, -0.1) is 0 Å². The Morgan fingerprint density at radius 1 is 1.50 bits per heavy atom. The van der Waals surface area contributed by atoms with Crippen molar-refractivity contribution in [3.05, 3.63) is 18.0 Å². The Balaban J connectivity index is 2.09. The lowest BCUT2D eigenvalue weighted by Gasteiger charge is -2.30. The first-order valence-electron chi connectivity index (χ1n) is 7.50. The largest absolute Gasteiger partial charge is 0.351 e. The minimum Gasteiger partial charge on any atom is -0.351 e.